The van der Waals surface area contributed by atoms with Gasteiger partial charge in [-0.1, -0.05) is 6.08 Å². The number of carbonyl (C=O) groups is 1. The summed E-state index contributed by atoms with van der Waals surface area (Å²) in [6.07, 6.45) is 7.93. The maximum Gasteiger partial charge on any atom is 0.337 e. The van der Waals surface area contributed by atoms with Gasteiger partial charge >= 0.3 is 5.97 Å². The first-order valence-corrected chi connectivity index (χ1v) is 9.18. The van der Waals surface area contributed by atoms with E-state index in [2.05, 4.69) is 0 Å². The number of esters is 1. The van der Waals surface area contributed by atoms with Crippen molar-refractivity contribution >= 4 is 5.97 Å². The second-order valence-electron chi connectivity index (χ2n) is 6.29. The van der Waals surface area contributed by atoms with Gasteiger partial charge < -0.3 is 28.4 Å². The molecule has 0 aromatic rings. The summed E-state index contributed by atoms with van der Waals surface area (Å²) < 4.78 is 33.1. The molecular formula is C20H26O7. The Morgan fingerprint density at radius 2 is 1.78 bits per heavy atom. The molecule has 1 atom stereocenters. The minimum Gasteiger partial charge on any atom is -0.490 e. The van der Waals surface area contributed by atoms with Crippen molar-refractivity contribution in [2.45, 2.75) is 6.42 Å². The van der Waals surface area contributed by atoms with Crippen molar-refractivity contribution in [1.82, 2.24) is 0 Å². The molecule has 0 fully saturated rings. The first-order valence-electron chi connectivity index (χ1n) is 9.18. The van der Waals surface area contributed by atoms with Crippen LogP contribution in [0.2, 0.25) is 0 Å². The molecule has 0 bridgehead atoms. The smallest absolute Gasteiger partial charge is 0.337 e. The molecule has 2 heterocycles. The van der Waals surface area contributed by atoms with Crippen LogP contribution in [0.15, 0.2) is 47.0 Å². The molecule has 1 unspecified atom stereocenters. The fourth-order valence-corrected chi connectivity index (χ4v) is 3.04. The molecule has 0 radical (unpaired) electrons. The van der Waals surface area contributed by atoms with E-state index >= 15 is 0 Å². The van der Waals surface area contributed by atoms with Gasteiger partial charge in [0.1, 0.15) is 19.0 Å². The molecule has 0 amide bonds. The molecule has 7 nitrogen and oxygen atoms in total. The quantitative estimate of drug-likeness (QED) is 0.646. The summed E-state index contributed by atoms with van der Waals surface area (Å²) in [6, 6.07) is 0. The third-order valence-corrected chi connectivity index (χ3v) is 4.41. The Balaban J connectivity index is 1.88. The van der Waals surface area contributed by atoms with Crippen LogP contribution >= 0.6 is 0 Å². The van der Waals surface area contributed by atoms with Crippen LogP contribution in [0, 0.1) is 5.92 Å². The molecule has 2 aliphatic heterocycles. The minimum atomic E-state index is -0.403. The van der Waals surface area contributed by atoms with E-state index in [0.717, 1.165) is 17.1 Å². The number of hydrogen-bond acceptors (Lipinski definition) is 7. The highest BCUT2D eigenvalue weighted by molar-refractivity contribution is 5.92. The highest BCUT2D eigenvalue weighted by Crippen LogP contribution is 2.34. The molecule has 148 valence electrons. The van der Waals surface area contributed by atoms with Crippen molar-refractivity contribution in [3.8, 4) is 0 Å². The van der Waals surface area contributed by atoms with Crippen LogP contribution < -0.4 is 0 Å². The summed E-state index contributed by atoms with van der Waals surface area (Å²) in [5.41, 5.74) is 1.39. The molecule has 1 aliphatic carbocycles. The zero-order chi connectivity index (χ0) is 18.9. The fourth-order valence-electron chi connectivity index (χ4n) is 3.04. The van der Waals surface area contributed by atoms with E-state index < -0.39 is 5.97 Å². The number of allylic oxidation sites excluding steroid dienone is 3. The van der Waals surface area contributed by atoms with Gasteiger partial charge in [-0.2, -0.15) is 0 Å². The average Bonchev–Trinajstić information content (AvgIpc) is 2.70. The Hall–Kier alpha value is -2.09. The number of ether oxygens (including phenoxy) is 6. The molecule has 0 saturated heterocycles. The Morgan fingerprint density at radius 3 is 2.63 bits per heavy atom. The summed E-state index contributed by atoms with van der Waals surface area (Å²) in [7, 11) is 1.37. The maximum atomic E-state index is 12.2. The first-order chi connectivity index (χ1) is 13.3. The van der Waals surface area contributed by atoms with E-state index in [9.17, 15) is 4.79 Å². The maximum absolute atomic E-state index is 12.2. The van der Waals surface area contributed by atoms with Crippen LogP contribution in [0.3, 0.4) is 0 Å². The van der Waals surface area contributed by atoms with Crippen LogP contribution in [-0.2, 0) is 33.2 Å². The topological polar surface area (TPSA) is 72.5 Å². The Bertz CT molecular complexity index is 645. The predicted molar refractivity (Wildman–Crippen MR) is 96.8 cm³/mol. The van der Waals surface area contributed by atoms with E-state index in [-0.39, 0.29) is 5.92 Å². The predicted octanol–water partition coefficient (Wildman–Crippen LogP) is 1.91. The lowest BCUT2D eigenvalue weighted by molar-refractivity contribution is -0.135. The van der Waals surface area contributed by atoms with Crippen molar-refractivity contribution in [2.75, 3.05) is 60.0 Å². The molecule has 0 saturated carbocycles. The largest absolute Gasteiger partial charge is 0.490 e. The van der Waals surface area contributed by atoms with E-state index in [1.807, 2.05) is 12.2 Å². The second kappa shape index (κ2) is 10.3. The van der Waals surface area contributed by atoms with Gasteiger partial charge in [-0.3, -0.25) is 0 Å². The molecular weight excluding hydrogens is 352 g/mol. The summed E-state index contributed by atoms with van der Waals surface area (Å²) >= 11 is 0. The summed E-state index contributed by atoms with van der Waals surface area (Å²) in [6.45, 7) is 3.97. The van der Waals surface area contributed by atoms with Crippen LogP contribution in [0.25, 0.3) is 0 Å². The molecule has 27 heavy (non-hydrogen) atoms. The Kier molecular flexibility index (Phi) is 7.50. The third-order valence-electron chi connectivity index (χ3n) is 4.41. The standard InChI is InChI=1S/C20H26O7/c1-22-20(21)15-3-2-4-23-5-6-24-7-8-25-14-17-13-19-18(12-16(17)11-15)26-9-10-27-19/h2-3,11-12,17H,4-10,13-14H2,1H3. The lowest BCUT2D eigenvalue weighted by Crippen LogP contribution is -2.23. The summed E-state index contributed by atoms with van der Waals surface area (Å²) in [5, 5.41) is 0. The van der Waals surface area contributed by atoms with Gasteiger partial charge in [-0.25, -0.2) is 4.79 Å². The van der Waals surface area contributed by atoms with Crippen molar-refractivity contribution in [3.63, 3.8) is 0 Å². The number of hydrogen-bond donors (Lipinski definition) is 0. The van der Waals surface area contributed by atoms with Gasteiger partial charge in [0.25, 0.3) is 0 Å². The van der Waals surface area contributed by atoms with Crippen LogP contribution in [0.4, 0.5) is 0 Å². The molecule has 0 N–H and O–H groups in total. The van der Waals surface area contributed by atoms with Gasteiger partial charge in [-0.05, 0) is 23.8 Å². The molecule has 3 rings (SSSR count). The van der Waals surface area contributed by atoms with Gasteiger partial charge in [-0.15, -0.1) is 0 Å². The lowest BCUT2D eigenvalue weighted by atomic mass is 9.88. The van der Waals surface area contributed by atoms with Gasteiger partial charge in [0.15, 0.2) is 5.76 Å². The third kappa shape index (κ3) is 5.69. The molecule has 0 spiro atoms. The van der Waals surface area contributed by atoms with E-state index in [1.165, 1.54) is 7.11 Å². The SMILES string of the molecule is COC(=O)C1=CC2=CC3=C(CC2COCCOCCOCC=C1)OCCO3. The van der Waals surface area contributed by atoms with Crippen molar-refractivity contribution in [2.24, 2.45) is 5.92 Å². The average molecular weight is 378 g/mol. The van der Waals surface area contributed by atoms with Crippen LogP contribution in [0.5, 0.6) is 0 Å². The highest BCUT2D eigenvalue weighted by Gasteiger charge is 2.27. The molecule has 0 aromatic heterocycles. The van der Waals surface area contributed by atoms with Crippen molar-refractivity contribution in [3.05, 3.63) is 47.0 Å². The summed E-state index contributed by atoms with van der Waals surface area (Å²) in [4.78, 5) is 12.2. The molecule has 3 aliphatic rings. The zero-order valence-electron chi connectivity index (χ0n) is 15.6. The fraction of sp³-hybridized carbons (Fsp3) is 0.550. The zero-order valence-corrected chi connectivity index (χ0v) is 15.6. The molecule has 7 heteroatoms. The van der Waals surface area contributed by atoms with E-state index in [1.54, 1.807) is 12.2 Å². The molecule has 0 aromatic carbocycles. The highest BCUT2D eigenvalue weighted by atomic mass is 16.6. The Morgan fingerprint density at radius 1 is 1.00 bits per heavy atom. The lowest BCUT2D eigenvalue weighted by Gasteiger charge is -2.29. The Labute approximate surface area is 159 Å². The number of methoxy groups -OCH3 is 1. The number of carbonyl (C=O) groups excluding carboxylic acids is 1. The van der Waals surface area contributed by atoms with Crippen LogP contribution in [0.1, 0.15) is 6.42 Å². The van der Waals surface area contributed by atoms with E-state index in [0.29, 0.717) is 64.8 Å². The first kappa shape index (κ1) is 19.7. The monoisotopic (exact) mass is 378 g/mol. The minimum absolute atomic E-state index is 0.0554. The normalized spacial score (nSPS) is 24.7. The van der Waals surface area contributed by atoms with Crippen molar-refractivity contribution in [1.29, 1.82) is 0 Å². The van der Waals surface area contributed by atoms with Gasteiger partial charge in [0, 0.05) is 12.3 Å². The second-order valence-corrected chi connectivity index (χ2v) is 6.29. The van der Waals surface area contributed by atoms with Gasteiger partial charge in [0.05, 0.1) is 52.3 Å². The van der Waals surface area contributed by atoms with E-state index in [4.69, 9.17) is 28.4 Å². The van der Waals surface area contributed by atoms with Gasteiger partial charge in [0.2, 0.25) is 0 Å². The summed E-state index contributed by atoms with van der Waals surface area (Å²) in [5.74, 6) is 1.21. The number of fused-ring (bicyclic) bond motifs is 1. The van der Waals surface area contributed by atoms with Crippen LogP contribution in [-0.4, -0.2) is 65.9 Å². The van der Waals surface area contributed by atoms with Crippen molar-refractivity contribution < 1.29 is 33.2 Å². The number of rotatable bonds is 1.